The third-order valence-corrected chi connectivity index (χ3v) is 3.10. The van der Waals surface area contributed by atoms with Gasteiger partial charge in [0.05, 0.1) is 6.10 Å². The number of hydrogen-bond donors (Lipinski definition) is 1. The summed E-state index contributed by atoms with van der Waals surface area (Å²) in [5.74, 6) is 0.510. The molecule has 0 aromatic carbocycles. The Labute approximate surface area is 81.9 Å². The van der Waals surface area contributed by atoms with E-state index in [1.165, 1.54) is 0 Å². The first kappa shape index (κ1) is 11.0. The first-order chi connectivity index (χ1) is 5.91. The molecule has 1 aliphatic rings. The third-order valence-electron chi connectivity index (χ3n) is 3.10. The lowest BCUT2D eigenvalue weighted by atomic mass is 9.77. The summed E-state index contributed by atoms with van der Waals surface area (Å²) in [6.07, 6.45) is 2.16. The molecule has 2 heteroatoms. The molecule has 1 heterocycles. The maximum Gasteiger partial charge on any atom is 0.0617 e. The van der Waals surface area contributed by atoms with Crippen LogP contribution in [0.3, 0.4) is 0 Å². The highest BCUT2D eigenvalue weighted by Crippen LogP contribution is 2.31. The van der Waals surface area contributed by atoms with Gasteiger partial charge in [0.1, 0.15) is 0 Å². The monoisotopic (exact) mass is 185 g/mol. The number of piperidine rings is 1. The Bertz CT molecular complexity index is 154. The Kier molecular flexibility index (Phi) is 3.36. The molecule has 1 saturated heterocycles. The number of rotatable bonds is 1. The van der Waals surface area contributed by atoms with Gasteiger partial charge in [0.25, 0.3) is 0 Å². The molecule has 1 aliphatic heterocycles. The molecular formula is C11H23NO. The number of nitrogens with zero attached hydrogens (tertiary/aromatic N) is 1. The summed E-state index contributed by atoms with van der Waals surface area (Å²) in [7, 11) is 2.15. The van der Waals surface area contributed by atoms with E-state index >= 15 is 0 Å². The molecule has 0 amide bonds. The molecule has 0 bridgehead atoms. The van der Waals surface area contributed by atoms with Gasteiger partial charge in [0.2, 0.25) is 0 Å². The summed E-state index contributed by atoms with van der Waals surface area (Å²) >= 11 is 0. The molecule has 1 N–H and O–H groups in total. The van der Waals surface area contributed by atoms with Crippen molar-refractivity contribution in [2.45, 2.75) is 39.7 Å². The van der Waals surface area contributed by atoms with Gasteiger partial charge in [-0.15, -0.1) is 0 Å². The maximum absolute atomic E-state index is 10.1. The standard InChI is InChI=1S/C11H23NO/c1-11(2,3)10(13)9-5-7-12(4)8-6-9/h9-10,13H,5-8H2,1-4H3. The van der Waals surface area contributed by atoms with E-state index in [2.05, 4.69) is 32.7 Å². The van der Waals surface area contributed by atoms with E-state index < -0.39 is 0 Å². The van der Waals surface area contributed by atoms with Gasteiger partial charge in [-0.1, -0.05) is 20.8 Å². The quantitative estimate of drug-likeness (QED) is 0.672. The third kappa shape index (κ3) is 2.96. The van der Waals surface area contributed by atoms with E-state index in [9.17, 15) is 5.11 Å². The van der Waals surface area contributed by atoms with E-state index in [1.807, 2.05) is 0 Å². The van der Waals surface area contributed by atoms with Crippen LogP contribution in [0.1, 0.15) is 33.6 Å². The van der Waals surface area contributed by atoms with Crippen molar-refractivity contribution in [1.29, 1.82) is 0 Å². The number of aliphatic hydroxyl groups excluding tert-OH is 1. The number of aliphatic hydroxyl groups is 1. The van der Waals surface area contributed by atoms with Crippen molar-refractivity contribution in [2.24, 2.45) is 11.3 Å². The second kappa shape index (κ2) is 3.97. The van der Waals surface area contributed by atoms with Crippen LogP contribution in [0.2, 0.25) is 0 Å². The van der Waals surface area contributed by atoms with Gasteiger partial charge in [-0.3, -0.25) is 0 Å². The average Bonchev–Trinajstić information content (AvgIpc) is 2.03. The van der Waals surface area contributed by atoms with Gasteiger partial charge in [-0.05, 0) is 44.3 Å². The Morgan fingerprint density at radius 3 is 2.08 bits per heavy atom. The second-order valence-corrected chi connectivity index (χ2v) is 5.45. The summed E-state index contributed by atoms with van der Waals surface area (Å²) in [6.45, 7) is 8.64. The summed E-state index contributed by atoms with van der Waals surface area (Å²) < 4.78 is 0. The lowest BCUT2D eigenvalue weighted by molar-refractivity contribution is -0.0105. The summed E-state index contributed by atoms with van der Waals surface area (Å²) in [6, 6.07) is 0. The summed E-state index contributed by atoms with van der Waals surface area (Å²) in [4.78, 5) is 2.34. The average molecular weight is 185 g/mol. The Morgan fingerprint density at radius 1 is 1.23 bits per heavy atom. The van der Waals surface area contributed by atoms with Crippen LogP contribution in [-0.4, -0.2) is 36.2 Å². The second-order valence-electron chi connectivity index (χ2n) is 5.45. The minimum Gasteiger partial charge on any atom is -0.392 e. The van der Waals surface area contributed by atoms with E-state index in [4.69, 9.17) is 0 Å². The minimum atomic E-state index is -0.138. The van der Waals surface area contributed by atoms with Crippen LogP contribution in [0, 0.1) is 11.3 Å². The van der Waals surface area contributed by atoms with E-state index in [1.54, 1.807) is 0 Å². The first-order valence-electron chi connectivity index (χ1n) is 5.28. The van der Waals surface area contributed by atoms with Gasteiger partial charge in [-0.25, -0.2) is 0 Å². The van der Waals surface area contributed by atoms with Crippen molar-refractivity contribution in [1.82, 2.24) is 4.90 Å². The van der Waals surface area contributed by atoms with Crippen LogP contribution in [0.5, 0.6) is 0 Å². The zero-order chi connectivity index (χ0) is 10.1. The van der Waals surface area contributed by atoms with Crippen molar-refractivity contribution in [3.63, 3.8) is 0 Å². The van der Waals surface area contributed by atoms with Gasteiger partial charge >= 0.3 is 0 Å². The van der Waals surface area contributed by atoms with Gasteiger partial charge in [0, 0.05) is 0 Å². The largest absolute Gasteiger partial charge is 0.392 e. The Balaban J connectivity index is 2.45. The van der Waals surface area contributed by atoms with Crippen molar-refractivity contribution in [3.8, 4) is 0 Å². The first-order valence-corrected chi connectivity index (χ1v) is 5.28. The van der Waals surface area contributed by atoms with E-state index in [-0.39, 0.29) is 11.5 Å². The lowest BCUT2D eigenvalue weighted by Crippen LogP contribution is -2.40. The van der Waals surface area contributed by atoms with E-state index in [0.29, 0.717) is 5.92 Å². The molecule has 1 atom stereocenters. The molecule has 1 fully saturated rings. The molecule has 0 spiro atoms. The predicted octanol–water partition coefficient (Wildman–Crippen LogP) is 1.74. The highest BCUT2D eigenvalue weighted by Gasteiger charge is 2.31. The van der Waals surface area contributed by atoms with Gasteiger partial charge < -0.3 is 10.0 Å². The Morgan fingerprint density at radius 2 is 1.69 bits per heavy atom. The fourth-order valence-electron chi connectivity index (χ4n) is 2.05. The molecule has 0 aliphatic carbocycles. The highest BCUT2D eigenvalue weighted by molar-refractivity contribution is 4.83. The van der Waals surface area contributed by atoms with Crippen LogP contribution in [0.15, 0.2) is 0 Å². The van der Waals surface area contributed by atoms with Crippen molar-refractivity contribution >= 4 is 0 Å². The fraction of sp³-hybridized carbons (Fsp3) is 1.00. The maximum atomic E-state index is 10.1. The SMILES string of the molecule is CN1CCC(C(O)C(C)(C)C)CC1. The molecule has 0 radical (unpaired) electrons. The predicted molar refractivity (Wildman–Crippen MR) is 55.7 cm³/mol. The number of likely N-dealkylation sites (tertiary alicyclic amines) is 1. The van der Waals surface area contributed by atoms with Crippen LogP contribution in [-0.2, 0) is 0 Å². The normalized spacial score (nSPS) is 24.7. The van der Waals surface area contributed by atoms with Crippen LogP contribution < -0.4 is 0 Å². The minimum absolute atomic E-state index is 0.0422. The van der Waals surface area contributed by atoms with Crippen molar-refractivity contribution in [3.05, 3.63) is 0 Å². The molecule has 2 nitrogen and oxygen atoms in total. The highest BCUT2D eigenvalue weighted by atomic mass is 16.3. The zero-order valence-corrected chi connectivity index (χ0v) is 9.38. The van der Waals surface area contributed by atoms with Crippen molar-refractivity contribution < 1.29 is 5.11 Å². The summed E-state index contributed by atoms with van der Waals surface area (Å²) in [5, 5.41) is 10.1. The van der Waals surface area contributed by atoms with E-state index in [0.717, 1.165) is 25.9 Å². The fourth-order valence-corrected chi connectivity index (χ4v) is 2.05. The molecular weight excluding hydrogens is 162 g/mol. The van der Waals surface area contributed by atoms with Gasteiger partial charge in [-0.2, -0.15) is 0 Å². The molecule has 13 heavy (non-hydrogen) atoms. The zero-order valence-electron chi connectivity index (χ0n) is 9.38. The van der Waals surface area contributed by atoms with Gasteiger partial charge in [0.15, 0.2) is 0 Å². The lowest BCUT2D eigenvalue weighted by Gasteiger charge is -2.37. The molecule has 1 rings (SSSR count). The number of hydrogen-bond acceptors (Lipinski definition) is 2. The Hall–Kier alpha value is -0.0800. The topological polar surface area (TPSA) is 23.5 Å². The molecule has 0 saturated carbocycles. The van der Waals surface area contributed by atoms with Crippen LogP contribution in [0.25, 0.3) is 0 Å². The van der Waals surface area contributed by atoms with Crippen LogP contribution in [0.4, 0.5) is 0 Å². The molecule has 78 valence electrons. The van der Waals surface area contributed by atoms with Crippen molar-refractivity contribution in [2.75, 3.05) is 20.1 Å². The summed E-state index contributed by atoms with van der Waals surface area (Å²) in [5.41, 5.74) is 0.0422. The molecule has 0 aromatic heterocycles. The molecule has 1 unspecified atom stereocenters. The smallest absolute Gasteiger partial charge is 0.0617 e. The molecule has 0 aromatic rings. The van der Waals surface area contributed by atoms with Crippen LogP contribution >= 0.6 is 0 Å².